The van der Waals surface area contributed by atoms with E-state index in [0.29, 0.717) is 28.4 Å². The second-order valence-corrected chi connectivity index (χ2v) is 6.49. The maximum atomic E-state index is 12.9. The molecule has 1 aliphatic carbocycles. The molecule has 8 heteroatoms. The summed E-state index contributed by atoms with van der Waals surface area (Å²) in [4.78, 5) is 21.6. The third-order valence-corrected chi connectivity index (χ3v) is 4.46. The van der Waals surface area contributed by atoms with Crippen LogP contribution in [-0.2, 0) is 6.42 Å². The summed E-state index contributed by atoms with van der Waals surface area (Å²) in [6.07, 6.45) is 5.29. The molecule has 130 valence electrons. The van der Waals surface area contributed by atoms with Crippen molar-refractivity contribution in [3.05, 3.63) is 35.2 Å². The van der Waals surface area contributed by atoms with Crippen LogP contribution in [0.3, 0.4) is 0 Å². The molecule has 0 aromatic carbocycles. The number of hydrogen-bond acceptors (Lipinski definition) is 6. The van der Waals surface area contributed by atoms with E-state index >= 15 is 0 Å². The topological polar surface area (TPSA) is 110 Å². The monoisotopic (exact) mass is 340 g/mol. The largest absolute Gasteiger partial charge is 0.342 e. The Balaban J connectivity index is 1.72. The third kappa shape index (κ3) is 2.99. The summed E-state index contributed by atoms with van der Waals surface area (Å²) in [5.74, 6) is 0.848. The van der Waals surface area contributed by atoms with Gasteiger partial charge in [0, 0.05) is 11.6 Å². The molecular weight excluding hydrogens is 320 g/mol. The summed E-state index contributed by atoms with van der Waals surface area (Å²) in [6.45, 7) is 3.93. The van der Waals surface area contributed by atoms with E-state index in [9.17, 15) is 4.79 Å². The van der Waals surface area contributed by atoms with Crippen LogP contribution in [0, 0.1) is 0 Å². The number of carbonyl (C=O) groups excluding carboxylic acids is 1. The highest BCUT2D eigenvalue weighted by molar-refractivity contribution is 6.06. The van der Waals surface area contributed by atoms with Gasteiger partial charge in [0.1, 0.15) is 12.2 Å². The minimum absolute atomic E-state index is 0.182. The molecule has 8 nitrogen and oxygen atoms in total. The van der Waals surface area contributed by atoms with Gasteiger partial charge < -0.3 is 9.84 Å². The molecule has 2 N–H and O–H groups in total. The molecule has 4 rings (SSSR count). The third-order valence-electron chi connectivity index (χ3n) is 4.46. The normalized spacial score (nSPS) is 15.4. The number of aromatic amines is 1. The molecule has 1 saturated carbocycles. The van der Waals surface area contributed by atoms with Crippen molar-refractivity contribution in [2.75, 3.05) is 0 Å². The molecular formula is C17H20N6O2. The van der Waals surface area contributed by atoms with Crippen molar-refractivity contribution in [3.63, 3.8) is 0 Å². The second kappa shape index (κ2) is 6.27. The second-order valence-electron chi connectivity index (χ2n) is 6.49. The molecule has 3 aromatic rings. The number of hydrogen-bond donors (Lipinski definition) is 2. The van der Waals surface area contributed by atoms with Crippen LogP contribution in [0.25, 0.3) is 11.1 Å². The van der Waals surface area contributed by atoms with Crippen molar-refractivity contribution in [1.29, 1.82) is 0 Å². The van der Waals surface area contributed by atoms with Crippen LogP contribution < -0.4 is 5.32 Å². The van der Waals surface area contributed by atoms with E-state index in [-0.39, 0.29) is 11.9 Å². The van der Waals surface area contributed by atoms with Gasteiger partial charge in [0.25, 0.3) is 11.6 Å². The highest BCUT2D eigenvalue weighted by atomic mass is 16.5. The van der Waals surface area contributed by atoms with Crippen LogP contribution in [0.1, 0.15) is 72.6 Å². The maximum absolute atomic E-state index is 12.9. The Hall–Kier alpha value is -2.77. The number of aromatic nitrogens is 5. The minimum atomic E-state index is -0.280. The number of nitrogens with one attached hydrogen (secondary N) is 2. The Morgan fingerprint density at radius 1 is 1.48 bits per heavy atom. The van der Waals surface area contributed by atoms with E-state index in [0.717, 1.165) is 37.1 Å². The molecule has 1 unspecified atom stereocenters. The molecule has 0 radical (unpaired) electrons. The number of carbonyl (C=O) groups is 1. The van der Waals surface area contributed by atoms with Crippen molar-refractivity contribution >= 4 is 17.0 Å². The van der Waals surface area contributed by atoms with Gasteiger partial charge in [-0.3, -0.25) is 9.89 Å². The first-order valence-electron chi connectivity index (χ1n) is 8.62. The van der Waals surface area contributed by atoms with Crippen molar-refractivity contribution in [3.8, 4) is 0 Å². The van der Waals surface area contributed by atoms with Gasteiger partial charge in [-0.05, 0) is 32.3 Å². The quantitative estimate of drug-likeness (QED) is 0.714. The summed E-state index contributed by atoms with van der Waals surface area (Å²) in [7, 11) is 0. The fourth-order valence-corrected chi connectivity index (χ4v) is 2.97. The predicted molar refractivity (Wildman–Crippen MR) is 90.0 cm³/mol. The lowest BCUT2D eigenvalue weighted by Gasteiger charge is -2.12. The van der Waals surface area contributed by atoms with Gasteiger partial charge in [-0.2, -0.15) is 5.10 Å². The number of aryl methyl sites for hydroxylation is 1. The van der Waals surface area contributed by atoms with E-state index in [1.165, 1.54) is 6.33 Å². The highest BCUT2D eigenvalue weighted by Gasteiger charge is 2.29. The number of rotatable bonds is 6. The molecule has 3 aromatic heterocycles. The van der Waals surface area contributed by atoms with Crippen molar-refractivity contribution in [2.24, 2.45) is 0 Å². The molecule has 1 atom stereocenters. The Bertz CT molecular complexity index is 897. The van der Waals surface area contributed by atoms with Gasteiger partial charge in [-0.15, -0.1) is 0 Å². The summed E-state index contributed by atoms with van der Waals surface area (Å²) < 4.78 is 5.42. The number of H-pyrrole nitrogens is 1. The predicted octanol–water partition coefficient (Wildman–Crippen LogP) is 2.66. The smallest absolute Gasteiger partial charge is 0.259 e. The van der Waals surface area contributed by atoms with Crippen molar-refractivity contribution in [2.45, 2.75) is 51.5 Å². The zero-order chi connectivity index (χ0) is 17.4. The van der Waals surface area contributed by atoms with E-state index in [1.807, 2.05) is 13.0 Å². The SMILES string of the molecule is CCCc1noc2nc(C3CC3)cc(C(=O)NC(C)c3ncn[nH]3)c12. The standard InChI is InChI=1S/C17H20N6O2/c1-3-4-12-14-11(16(24)20-9(2)15-18-8-19-22-15)7-13(10-5-6-10)21-17(14)25-23-12/h7-10H,3-6H2,1-2H3,(H,20,24)(H,18,19,22). The first-order valence-corrected chi connectivity index (χ1v) is 8.62. The Morgan fingerprint density at radius 2 is 2.32 bits per heavy atom. The van der Waals surface area contributed by atoms with E-state index < -0.39 is 0 Å². The molecule has 0 spiro atoms. The van der Waals surface area contributed by atoms with Crippen LogP contribution >= 0.6 is 0 Å². The van der Waals surface area contributed by atoms with Crippen LogP contribution in [0.15, 0.2) is 16.9 Å². The van der Waals surface area contributed by atoms with Gasteiger partial charge in [0.15, 0.2) is 0 Å². The number of nitrogens with zero attached hydrogens (tertiary/aromatic N) is 4. The fourth-order valence-electron chi connectivity index (χ4n) is 2.97. The lowest BCUT2D eigenvalue weighted by atomic mass is 10.0. The highest BCUT2D eigenvalue weighted by Crippen LogP contribution is 2.40. The van der Waals surface area contributed by atoms with E-state index in [4.69, 9.17) is 4.52 Å². The summed E-state index contributed by atoms with van der Waals surface area (Å²) in [6, 6.07) is 1.61. The number of pyridine rings is 1. The number of fused-ring (bicyclic) bond motifs is 1. The van der Waals surface area contributed by atoms with Crippen LogP contribution in [0.2, 0.25) is 0 Å². The lowest BCUT2D eigenvalue weighted by molar-refractivity contribution is 0.0939. The van der Waals surface area contributed by atoms with Crippen molar-refractivity contribution < 1.29 is 9.32 Å². The van der Waals surface area contributed by atoms with Gasteiger partial charge >= 0.3 is 0 Å². The molecule has 1 amide bonds. The lowest BCUT2D eigenvalue weighted by Crippen LogP contribution is -2.28. The zero-order valence-corrected chi connectivity index (χ0v) is 14.2. The molecule has 3 heterocycles. The van der Waals surface area contributed by atoms with Gasteiger partial charge in [0.2, 0.25) is 0 Å². The summed E-state index contributed by atoms with van der Waals surface area (Å²) >= 11 is 0. The molecule has 0 aliphatic heterocycles. The van der Waals surface area contributed by atoms with Gasteiger partial charge in [-0.1, -0.05) is 18.5 Å². The summed E-state index contributed by atoms with van der Waals surface area (Å²) in [5.41, 5.74) is 2.71. The van der Waals surface area contributed by atoms with E-state index in [1.54, 1.807) is 0 Å². The molecule has 1 fully saturated rings. The van der Waals surface area contributed by atoms with Gasteiger partial charge in [0.05, 0.1) is 22.7 Å². The average Bonchev–Trinajstić information content (AvgIpc) is 3.15. The Morgan fingerprint density at radius 3 is 3.00 bits per heavy atom. The summed E-state index contributed by atoms with van der Waals surface area (Å²) in [5, 5.41) is 14.4. The molecule has 0 bridgehead atoms. The average molecular weight is 340 g/mol. The first kappa shape index (κ1) is 15.7. The minimum Gasteiger partial charge on any atom is -0.342 e. The Kier molecular flexibility index (Phi) is 3.95. The first-order chi connectivity index (χ1) is 12.2. The van der Waals surface area contributed by atoms with Crippen LogP contribution in [0.4, 0.5) is 0 Å². The molecule has 0 saturated heterocycles. The van der Waals surface area contributed by atoms with Crippen LogP contribution in [-0.4, -0.2) is 31.2 Å². The van der Waals surface area contributed by atoms with Crippen molar-refractivity contribution in [1.82, 2.24) is 30.6 Å². The Labute approximate surface area is 144 Å². The van der Waals surface area contributed by atoms with E-state index in [2.05, 4.69) is 37.6 Å². The maximum Gasteiger partial charge on any atom is 0.259 e. The van der Waals surface area contributed by atoms with Gasteiger partial charge in [-0.25, -0.2) is 9.97 Å². The van der Waals surface area contributed by atoms with Crippen LogP contribution in [0.5, 0.6) is 0 Å². The fraction of sp³-hybridized carbons (Fsp3) is 0.471. The molecule has 1 aliphatic rings. The molecule has 25 heavy (non-hydrogen) atoms. The zero-order valence-electron chi connectivity index (χ0n) is 14.2. The number of amides is 1.